The predicted octanol–water partition coefficient (Wildman–Crippen LogP) is -9.08. The third-order valence-corrected chi connectivity index (χ3v) is 14.3. The Balaban J connectivity index is 1.07. The standard InChI is InChI=1S/C42H72O29/c1-8-15(43)22(50)25(53)37(60-8)67-31-19(47)12(5)62-39(27(31)55)70-34-23(51)16(44)10(3)65-42(34)69-33-21(49)14(7)63-40(29(33)57)71-35-24(52)17(45)9(2)64-41(35)68-32-20(48)13(6)61-38(28(32)56)66-30-18(46)11(4)59-36(58)26(30)54/h8-58H,1-7H3/t8-,9-,10-,11-,12-,13-,14-,15-,16-,17-,18-,19-,20-,21-,22+,23+,24+,25+,26+,27+,28+,29+,30+,31+,32+,33+,34+,35+,36+,37-,38-,39-,40-,41-,42-/m1/s1. The summed E-state index contributed by atoms with van der Waals surface area (Å²) in [7, 11) is 0. The highest BCUT2D eigenvalue weighted by atomic mass is 16.8. The fourth-order valence-corrected chi connectivity index (χ4v) is 9.55. The van der Waals surface area contributed by atoms with Crippen LogP contribution in [-0.2, 0) is 61.6 Å². The maximum Gasteiger partial charge on any atom is 0.187 e. The molecule has 0 unspecified atom stereocenters. The molecule has 7 aliphatic rings. The Morgan fingerprint density at radius 3 is 0.761 bits per heavy atom. The molecule has 16 N–H and O–H groups in total. The van der Waals surface area contributed by atoms with Crippen molar-refractivity contribution in [2.75, 3.05) is 0 Å². The normalized spacial score (nSPS) is 57.6. The molecule has 7 heterocycles. The largest absolute Gasteiger partial charge is 0.388 e. The molecule has 71 heavy (non-hydrogen) atoms. The van der Waals surface area contributed by atoms with E-state index in [1.165, 1.54) is 48.5 Å². The van der Waals surface area contributed by atoms with E-state index in [4.69, 9.17) is 61.6 Å². The smallest absolute Gasteiger partial charge is 0.187 e. The first-order valence-electron chi connectivity index (χ1n) is 23.6. The Bertz CT molecular complexity index is 1680. The fourth-order valence-electron chi connectivity index (χ4n) is 9.55. The molecular weight excluding hydrogens is 968 g/mol. The van der Waals surface area contributed by atoms with Crippen molar-refractivity contribution in [2.45, 2.75) is 263 Å². The zero-order chi connectivity index (χ0) is 52.4. The monoisotopic (exact) mass is 1040 g/mol. The van der Waals surface area contributed by atoms with E-state index in [1.807, 2.05) is 0 Å². The highest BCUT2D eigenvalue weighted by Crippen LogP contribution is 2.38. The van der Waals surface area contributed by atoms with Crippen molar-refractivity contribution in [1.82, 2.24) is 0 Å². The highest BCUT2D eigenvalue weighted by Gasteiger charge is 2.58. The average Bonchev–Trinajstić information content (AvgIpc) is 3.32. The molecule has 414 valence electrons. The van der Waals surface area contributed by atoms with Crippen LogP contribution in [-0.4, -0.2) is 297 Å². The van der Waals surface area contributed by atoms with Gasteiger partial charge in [0.05, 0.1) is 42.7 Å². The van der Waals surface area contributed by atoms with Crippen molar-refractivity contribution in [1.29, 1.82) is 0 Å². The molecule has 0 saturated carbocycles. The molecule has 0 aromatic carbocycles. The van der Waals surface area contributed by atoms with Gasteiger partial charge in [0.2, 0.25) is 0 Å². The maximum atomic E-state index is 11.8. The third kappa shape index (κ3) is 11.6. The second-order valence-electron chi connectivity index (χ2n) is 19.5. The van der Waals surface area contributed by atoms with E-state index >= 15 is 0 Å². The molecule has 0 aromatic rings. The minimum atomic E-state index is -2.07. The maximum absolute atomic E-state index is 11.8. The Kier molecular flexibility index (Phi) is 18.8. The summed E-state index contributed by atoms with van der Waals surface area (Å²) in [6, 6.07) is 0. The van der Waals surface area contributed by atoms with E-state index in [0.29, 0.717) is 0 Å². The fraction of sp³-hybridized carbons (Fsp3) is 1.00. The first kappa shape index (κ1) is 57.5. The van der Waals surface area contributed by atoms with Crippen molar-refractivity contribution < 1.29 is 143 Å². The van der Waals surface area contributed by atoms with E-state index < -0.39 is 215 Å². The first-order chi connectivity index (χ1) is 33.2. The lowest BCUT2D eigenvalue weighted by molar-refractivity contribution is -0.404. The van der Waals surface area contributed by atoms with Gasteiger partial charge in [-0.05, 0) is 48.5 Å². The van der Waals surface area contributed by atoms with Gasteiger partial charge >= 0.3 is 0 Å². The van der Waals surface area contributed by atoms with Gasteiger partial charge in [-0.2, -0.15) is 0 Å². The van der Waals surface area contributed by atoms with Crippen LogP contribution in [0.1, 0.15) is 48.5 Å². The van der Waals surface area contributed by atoms with E-state index in [0.717, 1.165) is 0 Å². The zero-order valence-corrected chi connectivity index (χ0v) is 39.7. The summed E-state index contributed by atoms with van der Waals surface area (Å²) in [5.41, 5.74) is 0. The van der Waals surface area contributed by atoms with Crippen LogP contribution < -0.4 is 0 Å². The molecule has 0 amide bonds. The Morgan fingerprint density at radius 2 is 0.423 bits per heavy atom. The SMILES string of the molecule is C[C@H]1O[C@H](O[C@@H]2[C@H](O)[C@@H](O[C@@H]3[C@@H](O[C@@H]4[C@H](O)[C@@H](O[C@@H]5[C@@H](O[C@@H]6[C@H](O)[C@@H](O[C@H]7[C@H](O)[C@@H](C)O[C@H](O)[C@H]7O)O[C@H](C)[C@H]6O)O[C@H](C)[C@@H](O)[C@@H]5O)O[C@H](C)[C@H]4O)O[C@H](C)[C@@H](O)[C@@H]3O)O[C@H](C)[C@H]2O)[C@@H](O)[C@@H](O)[C@@H]1O. The Labute approximate surface area is 406 Å². The number of aliphatic hydroxyl groups is 16. The van der Waals surface area contributed by atoms with Crippen LogP contribution in [0.2, 0.25) is 0 Å². The molecule has 0 spiro atoms. The molecule has 7 saturated heterocycles. The van der Waals surface area contributed by atoms with Gasteiger partial charge in [0.25, 0.3) is 0 Å². The van der Waals surface area contributed by atoms with Crippen molar-refractivity contribution >= 4 is 0 Å². The van der Waals surface area contributed by atoms with Crippen LogP contribution in [0.15, 0.2) is 0 Å². The van der Waals surface area contributed by atoms with Crippen LogP contribution >= 0.6 is 0 Å². The molecule has 0 aromatic heterocycles. The number of aliphatic hydroxyl groups excluding tert-OH is 16. The van der Waals surface area contributed by atoms with Gasteiger partial charge in [0.15, 0.2) is 44.0 Å². The molecule has 7 fully saturated rings. The van der Waals surface area contributed by atoms with E-state index in [-0.39, 0.29) is 0 Å². The second kappa shape index (κ2) is 23.2. The van der Waals surface area contributed by atoms with Crippen LogP contribution in [0.25, 0.3) is 0 Å². The van der Waals surface area contributed by atoms with E-state index in [2.05, 4.69) is 0 Å². The van der Waals surface area contributed by atoms with Crippen LogP contribution in [0.3, 0.4) is 0 Å². The molecule has 0 radical (unpaired) electrons. The second-order valence-corrected chi connectivity index (χ2v) is 19.5. The summed E-state index contributed by atoms with van der Waals surface area (Å²) in [4.78, 5) is 0. The molecule has 0 aliphatic carbocycles. The van der Waals surface area contributed by atoms with Crippen LogP contribution in [0, 0.1) is 0 Å². The van der Waals surface area contributed by atoms with Crippen molar-refractivity contribution in [3.8, 4) is 0 Å². The topological polar surface area (TPSA) is 444 Å². The minimum absolute atomic E-state index is 1.03. The number of hydrogen-bond acceptors (Lipinski definition) is 29. The molecular formula is C42H72O29. The lowest BCUT2D eigenvalue weighted by Crippen LogP contribution is -2.68. The van der Waals surface area contributed by atoms with E-state index in [9.17, 15) is 81.7 Å². The van der Waals surface area contributed by atoms with Gasteiger partial charge in [0, 0.05) is 0 Å². The van der Waals surface area contributed by atoms with Crippen LogP contribution in [0.4, 0.5) is 0 Å². The molecule has 29 heteroatoms. The van der Waals surface area contributed by atoms with Gasteiger partial charge in [-0.15, -0.1) is 0 Å². The summed E-state index contributed by atoms with van der Waals surface area (Å²) in [5, 5.41) is 175. The van der Waals surface area contributed by atoms with Gasteiger partial charge in [-0.1, -0.05) is 0 Å². The third-order valence-electron chi connectivity index (χ3n) is 14.3. The predicted molar refractivity (Wildman–Crippen MR) is 222 cm³/mol. The van der Waals surface area contributed by atoms with E-state index in [1.54, 1.807) is 0 Å². The number of rotatable bonds is 12. The van der Waals surface area contributed by atoms with Gasteiger partial charge < -0.3 is 143 Å². The molecule has 35 atom stereocenters. The Hall–Kier alpha value is -1.16. The number of ether oxygens (including phenoxy) is 13. The lowest BCUT2D eigenvalue weighted by Gasteiger charge is -2.50. The summed E-state index contributed by atoms with van der Waals surface area (Å²) < 4.78 is 75.0. The zero-order valence-electron chi connectivity index (χ0n) is 39.7. The quantitative estimate of drug-likeness (QED) is 0.0863. The number of hydrogen-bond donors (Lipinski definition) is 16. The lowest BCUT2D eigenvalue weighted by atomic mass is 9.95. The van der Waals surface area contributed by atoms with Gasteiger partial charge in [-0.25, -0.2) is 0 Å². The van der Waals surface area contributed by atoms with Crippen LogP contribution in [0.5, 0.6) is 0 Å². The van der Waals surface area contributed by atoms with Crippen molar-refractivity contribution in [2.24, 2.45) is 0 Å². The summed E-state index contributed by atoms with van der Waals surface area (Å²) in [6.45, 7) is 9.56. The summed E-state index contributed by atoms with van der Waals surface area (Å²) >= 11 is 0. The highest BCUT2D eigenvalue weighted by molar-refractivity contribution is 4.99. The molecule has 7 aliphatic heterocycles. The minimum Gasteiger partial charge on any atom is -0.388 e. The van der Waals surface area contributed by atoms with Crippen molar-refractivity contribution in [3.05, 3.63) is 0 Å². The van der Waals surface area contributed by atoms with Gasteiger partial charge in [-0.3, -0.25) is 0 Å². The molecule has 29 nitrogen and oxygen atoms in total. The first-order valence-corrected chi connectivity index (χ1v) is 23.6. The summed E-state index contributed by atoms with van der Waals surface area (Å²) in [6.07, 6.45) is -57.8. The average molecular weight is 1040 g/mol. The van der Waals surface area contributed by atoms with Crippen molar-refractivity contribution in [3.63, 3.8) is 0 Å². The molecule has 7 rings (SSSR count). The molecule has 0 bridgehead atoms. The summed E-state index contributed by atoms with van der Waals surface area (Å²) in [5.74, 6) is 0. The van der Waals surface area contributed by atoms with Gasteiger partial charge in [0.1, 0.15) is 128 Å². The Morgan fingerprint density at radius 1 is 0.197 bits per heavy atom.